The lowest BCUT2D eigenvalue weighted by Gasteiger charge is -2.43. The maximum Gasteiger partial charge on any atom is 0.220 e. The fraction of sp³-hybridized carbons (Fsp3) is 0.458. The van der Waals surface area contributed by atoms with Gasteiger partial charge in [-0.3, -0.25) is 4.79 Å². The van der Waals surface area contributed by atoms with Gasteiger partial charge < -0.3 is 24.5 Å². The van der Waals surface area contributed by atoms with E-state index in [4.69, 9.17) is 9.47 Å². The van der Waals surface area contributed by atoms with Crippen molar-refractivity contribution in [3.05, 3.63) is 137 Å². The summed E-state index contributed by atoms with van der Waals surface area (Å²) in [6, 6.07) is 34.9. The van der Waals surface area contributed by atoms with E-state index in [2.05, 4.69) is 88.5 Å². The van der Waals surface area contributed by atoms with E-state index < -0.39 is 6.29 Å². The third kappa shape index (κ3) is 11.8. The molecule has 0 aliphatic carbocycles. The van der Waals surface area contributed by atoms with Gasteiger partial charge in [0.2, 0.25) is 5.91 Å². The molecule has 4 atom stereocenters. The highest BCUT2D eigenvalue weighted by Crippen LogP contribution is 2.47. The number of benzene rings is 4. The van der Waals surface area contributed by atoms with Gasteiger partial charge in [-0.2, -0.15) is 0 Å². The highest BCUT2D eigenvalue weighted by molar-refractivity contribution is 5.76. The van der Waals surface area contributed by atoms with Gasteiger partial charge in [-0.15, -0.1) is 0 Å². The Kier molecular flexibility index (Phi) is 15.9. The van der Waals surface area contributed by atoms with E-state index in [-0.39, 0.29) is 30.6 Å². The second-order valence-corrected chi connectivity index (χ2v) is 15.3. The van der Waals surface area contributed by atoms with Crippen molar-refractivity contribution < 1.29 is 19.4 Å². The monoisotopic (exact) mass is 743 g/mol. The first-order valence-electron chi connectivity index (χ1n) is 20.9. The first kappa shape index (κ1) is 40.4. The second-order valence-electron chi connectivity index (χ2n) is 15.3. The summed E-state index contributed by atoms with van der Waals surface area (Å²) >= 11 is 0. The third-order valence-corrected chi connectivity index (χ3v) is 11.1. The summed E-state index contributed by atoms with van der Waals surface area (Å²) in [6.07, 6.45) is 18.2. The van der Waals surface area contributed by atoms with Crippen molar-refractivity contribution in [1.29, 1.82) is 0 Å². The number of unbranched alkanes of at least 4 members (excludes halogenated alkanes) is 12. The van der Waals surface area contributed by atoms with Crippen LogP contribution in [0.3, 0.4) is 0 Å². The molecule has 1 aromatic heterocycles. The van der Waals surface area contributed by atoms with Crippen molar-refractivity contribution >= 4 is 16.9 Å². The largest absolute Gasteiger partial charge is 0.392 e. The number of fused-ring (bicyclic) bond motifs is 1. The number of carbonyl (C=O) groups is 1. The van der Waals surface area contributed by atoms with E-state index in [1.807, 2.05) is 42.7 Å². The van der Waals surface area contributed by atoms with Crippen LogP contribution in [0.1, 0.15) is 143 Å². The van der Waals surface area contributed by atoms with Gasteiger partial charge in [0.25, 0.3) is 0 Å². The number of aromatic nitrogens is 2. The average Bonchev–Trinajstić information content (AvgIpc) is 3.64. The molecule has 1 fully saturated rings. The Morgan fingerprint density at radius 2 is 1.27 bits per heavy atom. The number of para-hydroxylation sites is 2. The first-order valence-corrected chi connectivity index (χ1v) is 20.9. The number of amides is 1. The number of hydrogen-bond donors (Lipinski definition) is 2. The van der Waals surface area contributed by atoms with Crippen molar-refractivity contribution in [3.63, 3.8) is 0 Å². The molecule has 1 aliphatic rings. The van der Waals surface area contributed by atoms with Crippen LogP contribution in [-0.2, 0) is 34.0 Å². The van der Waals surface area contributed by atoms with Crippen molar-refractivity contribution in [3.8, 4) is 0 Å². The number of imidazole rings is 1. The summed E-state index contributed by atoms with van der Waals surface area (Å²) in [5.74, 6) is 0.00551. The SMILES string of the molecule is CCCCCCCCCCCCCCCC(=O)NCc1ccc(C2O[C@H](Cn3cnc4ccccc43)[C@@H](c3ccccc3)[C@H](c3ccc(CO)cc3)O2)cc1. The summed E-state index contributed by atoms with van der Waals surface area (Å²) < 4.78 is 16.0. The average molecular weight is 744 g/mol. The maximum absolute atomic E-state index is 12.7. The van der Waals surface area contributed by atoms with Crippen LogP contribution in [0.15, 0.2) is 109 Å². The van der Waals surface area contributed by atoms with Crippen molar-refractivity contribution in [1.82, 2.24) is 14.9 Å². The van der Waals surface area contributed by atoms with Gasteiger partial charge in [-0.25, -0.2) is 4.98 Å². The lowest BCUT2D eigenvalue weighted by Crippen LogP contribution is -2.39. The van der Waals surface area contributed by atoms with Gasteiger partial charge in [0.05, 0.1) is 42.7 Å². The van der Waals surface area contributed by atoms with Crippen LogP contribution >= 0.6 is 0 Å². The van der Waals surface area contributed by atoms with Crippen LogP contribution in [0.4, 0.5) is 0 Å². The van der Waals surface area contributed by atoms with Crippen LogP contribution < -0.4 is 5.32 Å². The molecule has 1 amide bonds. The van der Waals surface area contributed by atoms with E-state index in [0.29, 0.717) is 19.5 Å². The Hall–Kier alpha value is -4.30. The minimum atomic E-state index is -0.610. The number of carbonyl (C=O) groups excluding carboxylic acids is 1. The Balaban J connectivity index is 1.05. The minimum absolute atomic E-state index is 0.0117. The minimum Gasteiger partial charge on any atom is -0.392 e. The number of rotatable bonds is 22. The molecule has 0 radical (unpaired) electrons. The summed E-state index contributed by atoms with van der Waals surface area (Å²) in [7, 11) is 0. The summed E-state index contributed by atoms with van der Waals surface area (Å²) in [5.41, 5.74) is 7.00. The molecular weight excluding hydrogens is 683 g/mol. The Labute approximate surface area is 328 Å². The molecule has 2 N–H and O–H groups in total. The third-order valence-electron chi connectivity index (χ3n) is 11.1. The Bertz CT molecular complexity index is 1840. The molecule has 0 spiro atoms. The molecule has 7 nitrogen and oxygen atoms in total. The number of ether oxygens (including phenoxy) is 2. The molecule has 6 rings (SSSR count). The topological polar surface area (TPSA) is 85.6 Å². The quantitative estimate of drug-likeness (QED) is 0.0690. The summed E-state index contributed by atoms with van der Waals surface area (Å²) in [5, 5.41) is 12.9. The zero-order valence-electron chi connectivity index (χ0n) is 32.8. The van der Waals surface area contributed by atoms with Gasteiger partial charge in [-0.1, -0.05) is 175 Å². The van der Waals surface area contributed by atoms with E-state index in [1.54, 1.807) is 0 Å². The predicted molar refractivity (Wildman–Crippen MR) is 221 cm³/mol. The molecule has 5 aromatic rings. The fourth-order valence-electron chi connectivity index (χ4n) is 7.90. The molecule has 7 heteroatoms. The van der Waals surface area contributed by atoms with E-state index >= 15 is 0 Å². The number of aliphatic hydroxyl groups is 1. The van der Waals surface area contributed by atoms with E-state index in [9.17, 15) is 9.90 Å². The molecular formula is C48H61N3O4. The lowest BCUT2D eigenvalue weighted by atomic mass is 9.83. The molecule has 2 heterocycles. The zero-order valence-corrected chi connectivity index (χ0v) is 32.8. The van der Waals surface area contributed by atoms with Crippen LogP contribution in [0, 0.1) is 0 Å². The van der Waals surface area contributed by atoms with Crippen molar-refractivity contribution in [2.75, 3.05) is 0 Å². The lowest BCUT2D eigenvalue weighted by molar-refractivity contribution is -0.263. The van der Waals surface area contributed by atoms with E-state index in [0.717, 1.165) is 51.7 Å². The van der Waals surface area contributed by atoms with Gasteiger partial charge in [-0.05, 0) is 40.8 Å². The molecule has 0 bridgehead atoms. The van der Waals surface area contributed by atoms with Crippen LogP contribution in [0.5, 0.6) is 0 Å². The standard InChI is InChI=1S/C48H61N3O4/c1-2-3-4-5-6-7-8-9-10-11-12-13-17-24-45(53)49-33-37-25-31-41(32-26-37)48-54-44(34-51-36-50-42-22-18-19-23-43(42)51)46(39-20-15-14-16-21-39)47(55-48)40-29-27-38(35-52)28-30-40/h14-16,18-23,25-32,36,44,46-48,52H,2-13,17,24,33-35H2,1H3,(H,49,53)/t44-,46-,47+,48?/m1/s1. The van der Waals surface area contributed by atoms with Gasteiger partial charge in [0.15, 0.2) is 6.29 Å². The second kappa shape index (κ2) is 21.7. The van der Waals surface area contributed by atoms with Gasteiger partial charge in [0, 0.05) is 24.4 Å². The Morgan fingerprint density at radius 3 is 1.95 bits per heavy atom. The number of aliphatic hydroxyl groups excluding tert-OH is 1. The van der Waals surface area contributed by atoms with Crippen molar-refractivity contribution in [2.45, 2.75) is 141 Å². The predicted octanol–water partition coefficient (Wildman–Crippen LogP) is 11.3. The van der Waals surface area contributed by atoms with Crippen LogP contribution in [0.25, 0.3) is 11.0 Å². The molecule has 0 saturated carbocycles. The molecule has 4 aromatic carbocycles. The number of nitrogens with one attached hydrogen (secondary N) is 1. The van der Waals surface area contributed by atoms with Gasteiger partial charge >= 0.3 is 0 Å². The van der Waals surface area contributed by atoms with Crippen molar-refractivity contribution in [2.24, 2.45) is 0 Å². The molecule has 1 aliphatic heterocycles. The highest BCUT2D eigenvalue weighted by Gasteiger charge is 2.42. The summed E-state index contributed by atoms with van der Waals surface area (Å²) in [4.78, 5) is 17.3. The summed E-state index contributed by atoms with van der Waals surface area (Å²) in [6.45, 7) is 3.35. The van der Waals surface area contributed by atoms with Crippen LogP contribution in [0.2, 0.25) is 0 Å². The normalized spacial score (nSPS) is 18.4. The fourth-order valence-corrected chi connectivity index (χ4v) is 7.90. The smallest absolute Gasteiger partial charge is 0.220 e. The maximum atomic E-state index is 12.7. The molecule has 1 saturated heterocycles. The van der Waals surface area contributed by atoms with E-state index in [1.165, 1.54) is 70.6 Å². The highest BCUT2D eigenvalue weighted by atomic mass is 16.7. The van der Waals surface area contributed by atoms with Crippen LogP contribution in [-0.4, -0.2) is 26.7 Å². The Morgan fingerprint density at radius 1 is 0.673 bits per heavy atom. The molecule has 1 unspecified atom stereocenters. The number of hydrogen-bond acceptors (Lipinski definition) is 5. The van der Waals surface area contributed by atoms with Gasteiger partial charge in [0.1, 0.15) is 0 Å². The molecule has 292 valence electrons. The first-order chi connectivity index (χ1) is 27.1. The molecule has 55 heavy (non-hydrogen) atoms. The number of nitrogens with zero attached hydrogens (tertiary/aromatic N) is 2. The zero-order chi connectivity index (χ0) is 38.1.